The molecule has 0 radical (unpaired) electrons. The zero-order valence-corrected chi connectivity index (χ0v) is 13.1. The normalized spacial score (nSPS) is 14.6. The van der Waals surface area contributed by atoms with Crippen molar-refractivity contribution in [2.24, 2.45) is 0 Å². The molecule has 0 atom stereocenters. The van der Waals surface area contributed by atoms with Gasteiger partial charge in [0.1, 0.15) is 17.5 Å². The summed E-state index contributed by atoms with van der Waals surface area (Å²) < 4.78 is 0. The summed E-state index contributed by atoms with van der Waals surface area (Å²) in [4.78, 5) is 22.8. The fourth-order valence-electron chi connectivity index (χ4n) is 2.36. The van der Waals surface area contributed by atoms with E-state index in [0.717, 1.165) is 43.4 Å². The van der Waals surface area contributed by atoms with Crippen LogP contribution in [0.4, 0.5) is 11.6 Å². The third kappa shape index (κ3) is 4.31. The highest BCUT2D eigenvalue weighted by Gasteiger charge is 2.17. The minimum absolute atomic E-state index is 0.229. The number of hydrogen-bond donors (Lipinski definition) is 2. The smallest absolute Gasteiger partial charge is 0.224 e. The van der Waals surface area contributed by atoms with Gasteiger partial charge < -0.3 is 15.5 Å². The van der Waals surface area contributed by atoms with Crippen LogP contribution in [0, 0.1) is 0 Å². The number of nitrogens with one attached hydrogen (secondary N) is 2. The molecule has 2 N–H and O–H groups in total. The van der Waals surface area contributed by atoms with Gasteiger partial charge in [-0.25, -0.2) is 9.97 Å². The number of rotatable bonds is 6. The van der Waals surface area contributed by atoms with E-state index in [-0.39, 0.29) is 11.8 Å². The van der Waals surface area contributed by atoms with Crippen LogP contribution in [-0.4, -0.2) is 47.5 Å². The lowest BCUT2D eigenvalue weighted by Crippen LogP contribution is -2.29. The lowest BCUT2D eigenvalue weighted by Gasteiger charge is -2.16. The lowest BCUT2D eigenvalue weighted by molar-refractivity contribution is -0.129. The van der Waals surface area contributed by atoms with Gasteiger partial charge in [0.05, 0.1) is 0 Å². The molecule has 0 spiro atoms. The first-order valence-corrected chi connectivity index (χ1v) is 7.68. The maximum Gasteiger partial charge on any atom is 0.224 e. The van der Waals surface area contributed by atoms with Crippen molar-refractivity contribution in [3.8, 4) is 0 Å². The minimum Gasteiger partial charge on any atom is -0.373 e. The second kappa shape index (κ2) is 7.24. The van der Waals surface area contributed by atoms with Crippen LogP contribution in [0.5, 0.6) is 0 Å². The molecule has 0 saturated carbocycles. The van der Waals surface area contributed by atoms with Crippen molar-refractivity contribution in [1.29, 1.82) is 0 Å². The van der Waals surface area contributed by atoms with Crippen molar-refractivity contribution in [2.75, 3.05) is 37.3 Å². The maximum atomic E-state index is 12.0. The van der Waals surface area contributed by atoms with E-state index in [1.165, 1.54) is 0 Å². The van der Waals surface area contributed by atoms with E-state index in [4.69, 9.17) is 0 Å². The fraction of sp³-hybridized carbons (Fsp3) is 0.667. The Morgan fingerprint density at radius 3 is 2.57 bits per heavy atom. The molecule has 1 amide bonds. The van der Waals surface area contributed by atoms with Crippen LogP contribution in [0.2, 0.25) is 0 Å². The molecule has 21 heavy (non-hydrogen) atoms. The lowest BCUT2D eigenvalue weighted by atomic mass is 10.2. The highest BCUT2D eigenvalue weighted by atomic mass is 16.2. The van der Waals surface area contributed by atoms with Crippen LogP contribution in [0.1, 0.15) is 44.9 Å². The molecule has 2 rings (SSSR count). The van der Waals surface area contributed by atoms with Gasteiger partial charge in [-0.1, -0.05) is 13.8 Å². The minimum atomic E-state index is 0.229. The van der Waals surface area contributed by atoms with E-state index in [0.29, 0.717) is 13.0 Å². The van der Waals surface area contributed by atoms with Crippen molar-refractivity contribution in [3.05, 3.63) is 11.9 Å². The van der Waals surface area contributed by atoms with Gasteiger partial charge in [-0.05, 0) is 12.8 Å². The average Bonchev–Trinajstić information content (AvgIpc) is 3.01. The SMILES string of the molecule is CNc1cc(NCCC(=O)N2CCCC2)nc(C(C)C)n1. The molecular formula is C15H25N5O. The molecule has 116 valence electrons. The maximum absolute atomic E-state index is 12.0. The Balaban J connectivity index is 1.90. The zero-order valence-electron chi connectivity index (χ0n) is 13.1. The molecular weight excluding hydrogens is 266 g/mol. The molecule has 2 heterocycles. The molecule has 1 saturated heterocycles. The summed E-state index contributed by atoms with van der Waals surface area (Å²) in [6.45, 7) is 6.55. The Labute approximate surface area is 126 Å². The molecule has 0 aliphatic carbocycles. The number of carbonyl (C=O) groups is 1. The molecule has 6 heteroatoms. The molecule has 1 aliphatic heterocycles. The molecule has 1 aliphatic rings. The highest BCUT2D eigenvalue weighted by molar-refractivity contribution is 5.76. The number of nitrogens with zero attached hydrogens (tertiary/aromatic N) is 3. The monoisotopic (exact) mass is 291 g/mol. The van der Waals surface area contributed by atoms with Gasteiger partial charge in [0.25, 0.3) is 0 Å². The first kappa shape index (κ1) is 15.5. The zero-order chi connectivity index (χ0) is 15.2. The van der Waals surface area contributed by atoms with E-state index < -0.39 is 0 Å². The molecule has 1 aromatic rings. The standard InChI is InChI=1S/C15H25N5O/c1-11(2)15-18-12(16-3)10-13(19-15)17-7-6-14(21)20-8-4-5-9-20/h10-11H,4-9H2,1-3H3,(H2,16,17,18,19). The predicted molar refractivity (Wildman–Crippen MR) is 84.6 cm³/mol. The summed E-state index contributed by atoms with van der Waals surface area (Å²) in [6.07, 6.45) is 2.78. The Kier molecular flexibility index (Phi) is 5.36. The predicted octanol–water partition coefficient (Wildman–Crippen LogP) is 2.07. The van der Waals surface area contributed by atoms with E-state index in [1.807, 2.05) is 18.0 Å². The molecule has 0 bridgehead atoms. The van der Waals surface area contributed by atoms with Crippen molar-refractivity contribution >= 4 is 17.5 Å². The van der Waals surface area contributed by atoms with Crippen LogP contribution < -0.4 is 10.6 Å². The van der Waals surface area contributed by atoms with E-state index in [1.54, 1.807) is 0 Å². The molecule has 6 nitrogen and oxygen atoms in total. The van der Waals surface area contributed by atoms with Crippen LogP contribution >= 0.6 is 0 Å². The largest absolute Gasteiger partial charge is 0.373 e. The topological polar surface area (TPSA) is 70.2 Å². The molecule has 0 aromatic carbocycles. The second-order valence-corrected chi connectivity index (χ2v) is 5.67. The Bertz CT molecular complexity index is 483. The van der Waals surface area contributed by atoms with Crippen molar-refractivity contribution in [3.63, 3.8) is 0 Å². The van der Waals surface area contributed by atoms with E-state index in [9.17, 15) is 4.79 Å². The number of anilines is 2. The Hall–Kier alpha value is -1.85. The van der Waals surface area contributed by atoms with Gasteiger partial charge >= 0.3 is 0 Å². The first-order chi connectivity index (χ1) is 10.1. The number of amides is 1. The molecule has 0 unspecified atom stereocenters. The third-order valence-corrected chi connectivity index (χ3v) is 3.62. The van der Waals surface area contributed by atoms with Gasteiger partial charge in [0, 0.05) is 45.1 Å². The summed E-state index contributed by atoms with van der Waals surface area (Å²) in [5.41, 5.74) is 0. The second-order valence-electron chi connectivity index (χ2n) is 5.67. The summed E-state index contributed by atoms with van der Waals surface area (Å²) in [7, 11) is 1.84. The van der Waals surface area contributed by atoms with Gasteiger partial charge in [-0.15, -0.1) is 0 Å². The van der Waals surface area contributed by atoms with E-state index >= 15 is 0 Å². The van der Waals surface area contributed by atoms with Gasteiger partial charge in [0.2, 0.25) is 5.91 Å². The molecule has 1 aromatic heterocycles. The van der Waals surface area contributed by atoms with Crippen LogP contribution in [0.25, 0.3) is 0 Å². The van der Waals surface area contributed by atoms with Crippen LogP contribution in [0.3, 0.4) is 0 Å². The quantitative estimate of drug-likeness (QED) is 0.839. The first-order valence-electron chi connectivity index (χ1n) is 7.68. The van der Waals surface area contributed by atoms with Gasteiger partial charge in [-0.2, -0.15) is 0 Å². The van der Waals surface area contributed by atoms with Gasteiger partial charge in [0.15, 0.2) is 0 Å². The van der Waals surface area contributed by atoms with Crippen LogP contribution in [-0.2, 0) is 4.79 Å². The van der Waals surface area contributed by atoms with Crippen molar-refractivity contribution < 1.29 is 4.79 Å². The van der Waals surface area contributed by atoms with Gasteiger partial charge in [-0.3, -0.25) is 4.79 Å². The average molecular weight is 291 g/mol. The Morgan fingerprint density at radius 2 is 1.95 bits per heavy atom. The van der Waals surface area contributed by atoms with E-state index in [2.05, 4.69) is 34.4 Å². The number of carbonyl (C=O) groups excluding carboxylic acids is 1. The summed E-state index contributed by atoms with van der Waals surface area (Å²) in [6, 6.07) is 1.87. The van der Waals surface area contributed by atoms with Crippen molar-refractivity contribution in [2.45, 2.75) is 39.0 Å². The Morgan fingerprint density at radius 1 is 1.29 bits per heavy atom. The summed E-state index contributed by atoms with van der Waals surface area (Å²) in [5.74, 6) is 2.86. The molecule has 1 fully saturated rings. The third-order valence-electron chi connectivity index (χ3n) is 3.62. The van der Waals surface area contributed by atoms with Crippen molar-refractivity contribution in [1.82, 2.24) is 14.9 Å². The summed E-state index contributed by atoms with van der Waals surface area (Å²) >= 11 is 0. The highest BCUT2D eigenvalue weighted by Crippen LogP contribution is 2.16. The number of hydrogen-bond acceptors (Lipinski definition) is 5. The van der Waals surface area contributed by atoms with Crippen LogP contribution in [0.15, 0.2) is 6.07 Å². The number of aromatic nitrogens is 2. The number of likely N-dealkylation sites (tertiary alicyclic amines) is 1. The summed E-state index contributed by atoms with van der Waals surface area (Å²) in [5, 5.41) is 6.27. The fourth-order valence-corrected chi connectivity index (χ4v) is 2.36.